The summed E-state index contributed by atoms with van der Waals surface area (Å²) in [5.74, 6) is 0.598. The lowest BCUT2D eigenvalue weighted by molar-refractivity contribution is -0.153. The fourth-order valence-electron chi connectivity index (χ4n) is 3.11. The predicted molar refractivity (Wildman–Crippen MR) is 125 cm³/mol. The van der Waals surface area contributed by atoms with Crippen LogP contribution in [0.4, 0.5) is 13.2 Å². The number of carbonyl (C=O) groups excluding carboxylic acids is 1. The molecule has 0 aliphatic carbocycles. The zero-order chi connectivity index (χ0) is 24.7. The number of alkyl halides is 3. The monoisotopic (exact) mass is 499 g/mol. The molecule has 35 heavy (non-hydrogen) atoms. The molecule has 0 aliphatic rings. The zero-order valence-corrected chi connectivity index (χ0v) is 19.1. The molecule has 0 bridgehead atoms. The van der Waals surface area contributed by atoms with Crippen LogP contribution in [-0.2, 0) is 11.3 Å². The van der Waals surface area contributed by atoms with E-state index in [-0.39, 0.29) is 24.0 Å². The third-order valence-electron chi connectivity index (χ3n) is 4.72. The Morgan fingerprint density at radius 2 is 1.77 bits per heavy atom. The Balaban J connectivity index is 1.37. The molecule has 0 saturated heterocycles. The summed E-state index contributed by atoms with van der Waals surface area (Å²) < 4.78 is 43.3. The smallest absolute Gasteiger partial charge is 0.422 e. The number of pyridine rings is 1. The minimum absolute atomic E-state index is 0.102. The van der Waals surface area contributed by atoms with E-state index in [9.17, 15) is 18.0 Å². The molecule has 0 atom stereocenters. The summed E-state index contributed by atoms with van der Waals surface area (Å²) in [6.45, 7) is -1.12. The molecule has 0 aliphatic heterocycles. The van der Waals surface area contributed by atoms with Crippen molar-refractivity contribution in [1.29, 1.82) is 0 Å². The van der Waals surface area contributed by atoms with E-state index in [1.165, 1.54) is 23.9 Å². The molecular formula is C24H20F3N5O2S. The van der Waals surface area contributed by atoms with Crippen LogP contribution in [-0.4, -0.2) is 44.2 Å². The molecular weight excluding hydrogens is 479 g/mol. The van der Waals surface area contributed by atoms with E-state index in [2.05, 4.69) is 25.2 Å². The van der Waals surface area contributed by atoms with Gasteiger partial charge in [-0.15, -0.1) is 10.2 Å². The summed E-state index contributed by atoms with van der Waals surface area (Å²) in [6.07, 6.45) is -1.02. The van der Waals surface area contributed by atoms with Crippen LogP contribution >= 0.6 is 11.8 Å². The van der Waals surface area contributed by atoms with Crippen molar-refractivity contribution in [2.75, 3.05) is 12.4 Å². The van der Waals surface area contributed by atoms with Gasteiger partial charge in [0.25, 0.3) is 0 Å². The fourth-order valence-corrected chi connectivity index (χ4v) is 3.89. The molecule has 4 rings (SSSR count). The van der Waals surface area contributed by atoms with Gasteiger partial charge in [-0.05, 0) is 42.0 Å². The van der Waals surface area contributed by atoms with Crippen molar-refractivity contribution in [3.8, 4) is 22.8 Å². The maximum atomic E-state index is 12.4. The standard InChI is InChI=1S/C24H20F3N5O2S/c25-24(26,27)16-34-20-10-8-17(9-11-20)13-29-21(33)15-35-23-31-30-22(18-5-4-12-28-14-18)32(23)19-6-2-1-3-7-19/h1-12,14H,13,15-16H2,(H,29,33). The maximum absolute atomic E-state index is 12.4. The van der Waals surface area contributed by atoms with Gasteiger partial charge >= 0.3 is 6.18 Å². The molecule has 0 unspecified atom stereocenters. The number of para-hydroxylation sites is 1. The van der Waals surface area contributed by atoms with Gasteiger partial charge in [0.1, 0.15) is 5.75 Å². The van der Waals surface area contributed by atoms with Gasteiger partial charge in [0.15, 0.2) is 17.6 Å². The maximum Gasteiger partial charge on any atom is 0.422 e. The molecule has 7 nitrogen and oxygen atoms in total. The Bertz CT molecular complexity index is 1250. The van der Waals surface area contributed by atoms with Gasteiger partial charge in [-0.3, -0.25) is 14.3 Å². The van der Waals surface area contributed by atoms with E-state index in [4.69, 9.17) is 0 Å². The topological polar surface area (TPSA) is 81.9 Å². The Labute approximate surface area is 203 Å². The first-order valence-electron chi connectivity index (χ1n) is 10.5. The van der Waals surface area contributed by atoms with Crippen molar-refractivity contribution in [3.05, 3.63) is 84.7 Å². The SMILES string of the molecule is O=C(CSc1nnc(-c2cccnc2)n1-c1ccccc1)NCc1ccc(OCC(F)(F)F)cc1. The first kappa shape index (κ1) is 24.3. The molecule has 1 amide bonds. The number of nitrogens with one attached hydrogen (secondary N) is 1. The highest BCUT2D eigenvalue weighted by atomic mass is 32.2. The van der Waals surface area contributed by atoms with E-state index >= 15 is 0 Å². The lowest BCUT2D eigenvalue weighted by Crippen LogP contribution is -2.24. The number of ether oxygens (including phenoxy) is 1. The van der Waals surface area contributed by atoms with Crippen molar-refractivity contribution in [3.63, 3.8) is 0 Å². The number of rotatable bonds is 9. The summed E-state index contributed by atoms with van der Waals surface area (Å²) in [5.41, 5.74) is 2.38. The molecule has 0 radical (unpaired) electrons. The predicted octanol–water partition coefficient (Wildman–Crippen LogP) is 4.68. The number of hydrogen-bond acceptors (Lipinski definition) is 6. The van der Waals surface area contributed by atoms with Crippen LogP contribution in [0, 0.1) is 0 Å². The number of benzene rings is 2. The minimum atomic E-state index is -4.40. The zero-order valence-electron chi connectivity index (χ0n) is 18.3. The van der Waals surface area contributed by atoms with Crippen molar-refractivity contribution >= 4 is 17.7 Å². The van der Waals surface area contributed by atoms with Crippen LogP contribution < -0.4 is 10.1 Å². The molecule has 2 aromatic heterocycles. The van der Waals surface area contributed by atoms with E-state index in [1.807, 2.05) is 47.0 Å². The molecule has 0 spiro atoms. The molecule has 11 heteroatoms. The van der Waals surface area contributed by atoms with E-state index in [0.29, 0.717) is 11.0 Å². The number of nitrogens with zero attached hydrogens (tertiary/aromatic N) is 4. The van der Waals surface area contributed by atoms with Crippen LogP contribution in [0.25, 0.3) is 17.1 Å². The lowest BCUT2D eigenvalue weighted by Gasteiger charge is -2.11. The first-order valence-corrected chi connectivity index (χ1v) is 11.5. The summed E-state index contributed by atoms with van der Waals surface area (Å²) in [7, 11) is 0. The second-order valence-electron chi connectivity index (χ2n) is 7.33. The average Bonchev–Trinajstić information content (AvgIpc) is 3.30. The Morgan fingerprint density at radius 1 is 1.00 bits per heavy atom. The summed E-state index contributed by atoms with van der Waals surface area (Å²) in [5, 5.41) is 11.9. The van der Waals surface area contributed by atoms with Crippen LogP contribution in [0.15, 0.2) is 84.3 Å². The molecule has 4 aromatic rings. The number of thioether (sulfide) groups is 1. The lowest BCUT2D eigenvalue weighted by atomic mass is 10.2. The van der Waals surface area contributed by atoms with Gasteiger partial charge in [-0.2, -0.15) is 13.2 Å². The van der Waals surface area contributed by atoms with Gasteiger partial charge in [-0.25, -0.2) is 0 Å². The summed E-state index contributed by atoms with van der Waals surface area (Å²) in [6, 6.07) is 19.3. The highest BCUT2D eigenvalue weighted by Crippen LogP contribution is 2.27. The second-order valence-corrected chi connectivity index (χ2v) is 8.27. The quantitative estimate of drug-likeness (QED) is 0.337. The third-order valence-corrected chi connectivity index (χ3v) is 5.64. The van der Waals surface area contributed by atoms with E-state index in [1.54, 1.807) is 24.5 Å². The van der Waals surface area contributed by atoms with E-state index < -0.39 is 12.8 Å². The van der Waals surface area contributed by atoms with Gasteiger partial charge in [0.05, 0.1) is 5.75 Å². The molecule has 180 valence electrons. The number of carbonyl (C=O) groups is 1. The van der Waals surface area contributed by atoms with Crippen molar-refractivity contribution in [2.45, 2.75) is 17.9 Å². The van der Waals surface area contributed by atoms with Gasteiger partial charge < -0.3 is 10.1 Å². The molecule has 2 aromatic carbocycles. The van der Waals surface area contributed by atoms with Gasteiger partial charge in [0.2, 0.25) is 5.91 Å². The van der Waals surface area contributed by atoms with Crippen LogP contribution in [0.3, 0.4) is 0 Å². The van der Waals surface area contributed by atoms with Crippen LogP contribution in [0.5, 0.6) is 5.75 Å². The number of hydrogen-bond donors (Lipinski definition) is 1. The Morgan fingerprint density at radius 3 is 2.46 bits per heavy atom. The van der Waals surface area contributed by atoms with Gasteiger partial charge in [0, 0.05) is 30.2 Å². The molecule has 1 N–H and O–H groups in total. The largest absolute Gasteiger partial charge is 0.484 e. The third kappa shape index (κ3) is 6.82. The van der Waals surface area contributed by atoms with Crippen molar-refractivity contribution < 1.29 is 22.7 Å². The number of amides is 1. The number of aromatic nitrogens is 4. The average molecular weight is 500 g/mol. The highest BCUT2D eigenvalue weighted by molar-refractivity contribution is 7.99. The summed E-state index contributed by atoms with van der Waals surface area (Å²) >= 11 is 1.24. The first-order chi connectivity index (χ1) is 16.9. The van der Waals surface area contributed by atoms with Crippen LogP contribution in [0.2, 0.25) is 0 Å². The van der Waals surface area contributed by atoms with E-state index in [0.717, 1.165) is 16.8 Å². The Hall–Kier alpha value is -3.86. The van der Waals surface area contributed by atoms with Crippen molar-refractivity contribution in [1.82, 2.24) is 25.1 Å². The number of halogens is 3. The van der Waals surface area contributed by atoms with Crippen LogP contribution in [0.1, 0.15) is 5.56 Å². The minimum Gasteiger partial charge on any atom is -0.484 e. The Kier molecular flexibility index (Phi) is 7.66. The van der Waals surface area contributed by atoms with Crippen molar-refractivity contribution in [2.24, 2.45) is 0 Å². The summed E-state index contributed by atoms with van der Waals surface area (Å²) in [4.78, 5) is 16.6. The molecule has 2 heterocycles. The molecule has 0 fully saturated rings. The second kappa shape index (κ2) is 11.0. The highest BCUT2D eigenvalue weighted by Gasteiger charge is 2.28. The van der Waals surface area contributed by atoms with Gasteiger partial charge in [-0.1, -0.05) is 42.1 Å². The fraction of sp³-hybridized carbons (Fsp3) is 0.167. The molecule has 0 saturated carbocycles. The normalized spacial score (nSPS) is 11.3.